The van der Waals surface area contributed by atoms with Crippen molar-refractivity contribution in [3.05, 3.63) is 12.2 Å². The Balaban J connectivity index is 1.72. The maximum absolute atomic E-state index is 13.2. The van der Waals surface area contributed by atoms with Crippen LogP contribution in [0.1, 0.15) is 39.5 Å². The molecule has 0 amide bonds. The normalized spacial score (nSPS) is 54.4. The van der Waals surface area contributed by atoms with E-state index in [2.05, 4.69) is 6.58 Å². The maximum atomic E-state index is 13.2. The van der Waals surface area contributed by atoms with Crippen LogP contribution in [0.25, 0.3) is 0 Å². The second-order valence-electron chi connectivity index (χ2n) is 9.62. The summed E-state index contributed by atoms with van der Waals surface area (Å²) in [6.45, 7) is 8.08. The zero-order chi connectivity index (χ0) is 18.6. The molecule has 2 aliphatic heterocycles. The number of rotatable bonds is 0. The van der Waals surface area contributed by atoms with E-state index in [4.69, 9.17) is 9.47 Å². The summed E-state index contributed by atoms with van der Waals surface area (Å²) < 4.78 is 11.6. The van der Waals surface area contributed by atoms with Gasteiger partial charge in [0.15, 0.2) is 12.1 Å². The number of ketones is 1. The van der Waals surface area contributed by atoms with Crippen LogP contribution in [0.5, 0.6) is 0 Å². The van der Waals surface area contributed by atoms with Crippen LogP contribution in [0.2, 0.25) is 0 Å². The summed E-state index contributed by atoms with van der Waals surface area (Å²) in [4.78, 5) is 26.3. The van der Waals surface area contributed by atoms with Gasteiger partial charge in [0, 0.05) is 17.8 Å². The summed E-state index contributed by atoms with van der Waals surface area (Å²) in [5.41, 5.74) is -1.88. The van der Waals surface area contributed by atoms with E-state index in [0.29, 0.717) is 18.4 Å². The second kappa shape index (κ2) is 4.78. The van der Waals surface area contributed by atoms with Crippen molar-refractivity contribution in [1.82, 2.24) is 0 Å². The molecule has 0 aromatic rings. The average molecular weight is 362 g/mol. The molecule has 3 aliphatic carbocycles. The third kappa shape index (κ3) is 1.57. The van der Waals surface area contributed by atoms with Gasteiger partial charge in [0.25, 0.3) is 0 Å². The predicted molar refractivity (Wildman–Crippen MR) is 89.6 cm³/mol. The van der Waals surface area contributed by atoms with Gasteiger partial charge in [-0.05, 0) is 42.1 Å². The van der Waals surface area contributed by atoms with E-state index in [-0.39, 0.29) is 24.2 Å². The lowest BCUT2D eigenvalue weighted by molar-refractivity contribution is -0.253. The van der Waals surface area contributed by atoms with Crippen molar-refractivity contribution in [3.63, 3.8) is 0 Å². The molecule has 5 rings (SSSR count). The molecule has 2 heterocycles. The summed E-state index contributed by atoms with van der Waals surface area (Å²) in [5, 5.41) is 21.4. The van der Waals surface area contributed by atoms with Crippen LogP contribution >= 0.6 is 0 Å². The zero-order valence-electron chi connectivity index (χ0n) is 15.2. The fourth-order valence-corrected chi connectivity index (χ4v) is 7.21. The molecule has 5 fully saturated rings. The Morgan fingerprint density at radius 3 is 2.65 bits per heavy atom. The zero-order valence-corrected chi connectivity index (χ0v) is 15.2. The first-order chi connectivity index (χ1) is 12.2. The minimum absolute atomic E-state index is 0.0483. The molecule has 8 atom stereocenters. The lowest BCUT2D eigenvalue weighted by Crippen LogP contribution is -2.70. The van der Waals surface area contributed by atoms with Gasteiger partial charge in [0.1, 0.15) is 11.5 Å². The van der Waals surface area contributed by atoms with Crippen LogP contribution in [-0.2, 0) is 19.1 Å². The summed E-state index contributed by atoms with van der Waals surface area (Å²) in [6, 6.07) is 0. The van der Waals surface area contributed by atoms with E-state index in [1.165, 1.54) is 0 Å². The highest BCUT2D eigenvalue weighted by Gasteiger charge is 2.78. The molecular weight excluding hydrogens is 336 g/mol. The number of carbonyl (C=O) groups excluding carboxylic acids is 2. The highest BCUT2D eigenvalue weighted by atomic mass is 16.6. The van der Waals surface area contributed by atoms with Crippen LogP contribution in [0.3, 0.4) is 0 Å². The van der Waals surface area contributed by atoms with Crippen molar-refractivity contribution < 1.29 is 29.3 Å². The first kappa shape index (κ1) is 16.9. The molecule has 26 heavy (non-hydrogen) atoms. The minimum Gasteiger partial charge on any atom is -0.461 e. The van der Waals surface area contributed by atoms with Gasteiger partial charge in [-0.3, -0.25) is 9.59 Å². The van der Waals surface area contributed by atoms with Crippen LogP contribution in [0.4, 0.5) is 0 Å². The van der Waals surface area contributed by atoms with Gasteiger partial charge >= 0.3 is 5.97 Å². The van der Waals surface area contributed by atoms with Gasteiger partial charge in [-0.1, -0.05) is 20.4 Å². The second-order valence-corrected chi connectivity index (χ2v) is 9.62. The molecule has 2 spiro atoms. The molecule has 0 aromatic carbocycles. The molecule has 6 nitrogen and oxygen atoms in total. The number of allylic oxidation sites excluding steroid dienone is 1. The molecule has 5 aliphatic rings. The van der Waals surface area contributed by atoms with Crippen molar-refractivity contribution in [2.75, 3.05) is 6.61 Å². The van der Waals surface area contributed by atoms with Gasteiger partial charge in [-0.2, -0.15) is 0 Å². The van der Waals surface area contributed by atoms with E-state index >= 15 is 0 Å². The molecule has 0 radical (unpaired) electrons. The smallest absolute Gasteiger partial charge is 0.320 e. The molecular formula is C20H26O6. The number of aliphatic hydroxyl groups excluding tert-OH is 2. The van der Waals surface area contributed by atoms with Crippen LogP contribution in [-0.4, -0.2) is 47.1 Å². The number of esters is 1. The molecule has 2 N–H and O–H groups in total. The average Bonchev–Trinajstić information content (AvgIpc) is 3.03. The Labute approximate surface area is 152 Å². The minimum atomic E-state index is -1.18. The molecule has 3 saturated carbocycles. The van der Waals surface area contributed by atoms with Crippen molar-refractivity contribution in [2.45, 2.75) is 58.0 Å². The van der Waals surface area contributed by atoms with E-state index in [1.54, 1.807) is 0 Å². The predicted octanol–water partition coefficient (Wildman–Crippen LogP) is 1.20. The van der Waals surface area contributed by atoms with Gasteiger partial charge < -0.3 is 19.7 Å². The Kier molecular flexibility index (Phi) is 3.10. The largest absolute Gasteiger partial charge is 0.461 e. The van der Waals surface area contributed by atoms with E-state index in [1.807, 2.05) is 13.8 Å². The molecule has 2 bridgehead atoms. The number of fused-ring (bicyclic) bond motifs is 1. The SMILES string of the molecule is C=C1C(=O)[C@@]23C[C@H]1CC[C@H]2[C@]12CO[C@@H](O)[C@@H]1C(C)(C)[C@H](O)C[C@@H]2OC3=O. The monoisotopic (exact) mass is 362 g/mol. The van der Waals surface area contributed by atoms with Crippen molar-refractivity contribution >= 4 is 11.8 Å². The molecule has 2 saturated heterocycles. The van der Waals surface area contributed by atoms with E-state index < -0.39 is 46.6 Å². The Morgan fingerprint density at radius 1 is 1.19 bits per heavy atom. The van der Waals surface area contributed by atoms with E-state index in [0.717, 1.165) is 12.8 Å². The summed E-state index contributed by atoms with van der Waals surface area (Å²) >= 11 is 0. The van der Waals surface area contributed by atoms with Crippen molar-refractivity contribution in [2.24, 2.45) is 34.0 Å². The first-order valence-electron chi connectivity index (χ1n) is 9.59. The first-order valence-corrected chi connectivity index (χ1v) is 9.59. The number of hydrogen-bond acceptors (Lipinski definition) is 6. The Morgan fingerprint density at radius 2 is 1.92 bits per heavy atom. The maximum Gasteiger partial charge on any atom is 0.320 e. The number of ether oxygens (including phenoxy) is 2. The number of aliphatic hydroxyl groups is 2. The molecule has 6 heteroatoms. The van der Waals surface area contributed by atoms with Crippen molar-refractivity contribution in [1.29, 1.82) is 0 Å². The van der Waals surface area contributed by atoms with Crippen LogP contribution in [0, 0.1) is 34.0 Å². The fourth-order valence-electron chi connectivity index (χ4n) is 7.21. The van der Waals surface area contributed by atoms with Gasteiger partial charge in [0.05, 0.1) is 12.7 Å². The number of Topliss-reactive ketones (excluding diaryl/α,β-unsaturated/α-hetero) is 1. The van der Waals surface area contributed by atoms with Gasteiger partial charge in [-0.15, -0.1) is 0 Å². The Bertz CT molecular complexity index is 728. The number of hydrogen-bond donors (Lipinski definition) is 2. The molecule has 0 aromatic heterocycles. The van der Waals surface area contributed by atoms with Crippen LogP contribution < -0.4 is 0 Å². The highest BCUT2D eigenvalue weighted by molar-refractivity contribution is 6.15. The standard InChI is InChI=1S/C20H26O6/c1-9-10-4-5-11-19(7-10,15(9)22)17(24)26-13-6-12(21)18(2,3)14-16(23)25-8-20(11,13)14/h10-14,16,21,23H,1,4-8H2,2-3H3/t10-,11-,12-,13+,14-,16-,19-,20+/m1/s1. The summed E-state index contributed by atoms with van der Waals surface area (Å²) in [6.07, 6.45) is 0.0482. The summed E-state index contributed by atoms with van der Waals surface area (Å²) in [7, 11) is 0. The highest BCUT2D eigenvalue weighted by Crippen LogP contribution is 2.71. The third-order valence-electron chi connectivity index (χ3n) is 8.48. The Hall–Kier alpha value is -1.24. The number of carbonyl (C=O) groups is 2. The molecule has 0 unspecified atom stereocenters. The van der Waals surface area contributed by atoms with E-state index in [9.17, 15) is 19.8 Å². The summed E-state index contributed by atoms with van der Waals surface area (Å²) in [5.74, 6) is -1.22. The van der Waals surface area contributed by atoms with Gasteiger partial charge in [0.2, 0.25) is 0 Å². The topological polar surface area (TPSA) is 93.1 Å². The van der Waals surface area contributed by atoms with Gasteiger partial charge in [-0.25, -0.2) is 0 Å². The molecule has 142 valence electrons. The van der Waals surface area contributed by atoms with Crippen molar-refractivity contribution in [3.8, 4) is 0 Å². The lowest BCUT2D eigenvalue weighted by atomic mass is 9.43. The quantitative estimate of drug-likeness (QED) is 0.382. The van der Waals surface area contributed by atoms with Crippen LogP contribution in [0.15, 0.2) is 12.2 Å². The lowest BCUT2D eigenvalue weighted by Gasteiger charge is -2.62. The third-order valence-corrected chi connectivity index (χ3v) is 8.48. The fraction of sp³-hybridized carbons (Fsp3) is 0.800.